The Bertz CT molecular complexity index is 532. The number of aliphatic hydroxyl groups excluding tert-OH is 1. The lowest BCUT2D eigenvalue weighted by Gasteiger charge is -2.19. The van der Waals surface area contributed by atoms with Crippen LogP contribution in [0.2, 0.25) is 0 Å². The predicted molar refractivity (Wildman–Crippen MR) is 75.1 cm³/mol. The van der Waals surface area contributed by atoms with Gasteiger partial charge in [-0.1, -0.05) is 0 Å². The lowest BCUT2D eigenvalue weighted by molar-refractivity contribution is 0.181. The highest BCUT2D eigenvalue weighted by Crippen LogP contribution is 2.30. The van der Waals surface area contributed by atoms with Gasteiger partial charge in [-0.25, -0.2) is 4.98 Å². The molecule has 0 aromatic carbocycles. The Morgan fingerprint density at radius 3 is 3.00 bits per heavy atom. The molecule has 102 valence electrons. The SMILES string of the molecule is Cc1oc(-c2ccsc2)nc1CN(CCO)C1CC1. The quantitative estimate of drug-likeness (QED) is 0.882. The lowest BCUT2D eigenvalue weighted by Crippen LogP contribution is -2.29. The molecule has 0 unspecified atom stereocenters. The monoisotopic (exact) mass is 278 g/mol. The second-order valence-corrected chi connectivity index (χ2v) is 5.74. The standard InChI is InChI=1S/C14H18N2O2S/c1-10-13(8-16(5-6-17)12-2-3-12)15-14(18-10)11-4-7-19-9-11/h4,7,9,12,17H,2-3,5-6,8H2,1H3. The second kappa shape index (κ2) is 5.45. The van der Waals surface area contributed by atoms with Gasteiger partial charge < -0.3 is 9.52 Å². The highest BCUT2D eigenvalue weighted by atomic mass is 32.1. The Kier molecular flexibility index (Phi) is 3.68. The number of hydrogen-bond acceptors (Lipinski definition) is 5. The minimum atomic E-state index is 0.199. The molecule has 3 rings (SSSR count). The average Bonchev–Trinajstić information content (AvgIpc) is 2.96. The molecule has 1 N–H and O–H groups in total. The van der Waals surface area contributed by atoms with Gasteiger partial charge in [0, 0.05) is 30.1 Å². The summed E-state index contributed by atoms with van der Waals surface area (Å²) in [5.41, 5.74) is 2.03. The maximum atomic E-state index is 9.13. The van der Waals surface area contributed by atoms with E-state index >= 15 is 0 Å². The molecule has 0 amide bonds. The Morgan fingerprint density at radius 2 is 2.37 bits per heavy atom. The molecule has 0 spiro atoms. The van der Waals surface area contributed by atoms with Crippen LogP contribution in [0.15, 0.2) is 21.2 Å². The highest BCUT2D eigenvalue weighted by Gasteiger charge is 2.29. The summed E-state index contributed by atoms with van der Waals surface area (Å²) < 4.78 is 5.74. The van der Waals surface area contributed by atoms with Gasteiger partial charge in [0.25, 0.3) is 0 Å². The number of hydrogen-bond donors (Lipinski definition) is 1. The third-order valence-corrected chi connectivity index (χ3v) is 4.15. The van der Waals surface area contributed by atoms with Crippen LogP contribution >= 0.6 is 11.3 Å². The van der Waals surface area contributed by atoms with Gasteiger partial charge >= 0.3 is 0 Å². The average molecular weight is 278 g/mol. The topological polar surface area (TPSA) is 49.5 Å². The molecule has 2 aromatic heterocycles. The van der Waals surface area contributed by atoms with Crippen molar-refractivity contribution in [1.82, 2.24) is 9.88 Å². The molecule has 0 radical (unpaired) electrons. The summed E-state index contributed by atoms with van der Waals surface area (Å²) in [6.45, 7) is 3.64. The van der Waals surface area contributed by atoms with Crippen LogP contribution < -0.4 is 0 Å². The van der Waals surface area contributed by atoms with E-state index in [2.05, 4.69) is 9.88 Å². The number of nitrogens with zero attached hydrogens (tertiary/aromatic N) is 2. The number of aromatic nitrogens is 1. The summed E-state index contributed by atoms with van der Waals surface area (Å²) in [5.74, 6) is 1.58. The van der Waals surface area contributed by atoms with Crippen molar-refractivity contribution in [1.29, 1.82) is 0 Å². The van der Waals surface area contributed by atoms with E-state index in [-0.39, 0.29) is 6.61 Å². The van der Waals surface area contributed by atoms with Crippen molar-refractivity contribution in [3.05, 3.63) is 28.3 Å². The molecule has 1 saturated carbocycles. The zero-order valence-electron chi connectivity index (χ0n) is 11.0. The van der Waals surface area contributed by atoms with Crippen LogP contribution in [0.5, 0.6) is 0 Å². The summed E-state index contributed by atoms with van der Waals surface area (Å²) in [6.07, 6.45) is 2.46. The normalized spacial score (nSPS) is 15.3. The fourth-order valence-corrected chi connectivity index (χ4v) is 2.87. The van der Waals surface area contributed by atoms with E-state index in [1.54, 1.807) is 11.3 Å². The molecule has 1 aliphatic carbocycles. The van der Waals surface area contributed by atoms with E-state index in [0.29, 0.717) is 18.5 Å². The van der Waals surface area contributed by atoms with Crippen molar-refractivity contribution in [3.63, 3.8) is 0 Å². The van der Waals surface area contributed by atoms with Gasteiger partial charge in [0.2, 0.25) is 5.89 Å². The summed E-state index contributed by atoms with van der Waals surface area (Å²) in [6, 6.07) is 2.64. The molecule has 5 heteroatoms. The zero-order chi connectivity index (χ0) is 13.2. The first-order valence-corrected chi connectivity index (χ1v) is 7.56. The summed E-state index contributed by atoms with van der Waals surface area (Å²) in [4.78, 5) is 6.90. The number of thiophene rings is 1. The molecule has 1 aliphatic rings. The minimum absolute atomic E-state index is 0.199. The first-order valence-electron chi connectivity index (χ1n) is 6.61. The van der Waals surface area contributed by atoms with Crippen LogP contribution in [-0.4, -0.2) is 34.2 Å². The predicted octanol–water partition coefficient (Wildman–Crippen LogP) is 2.67. The van der Waals surface area contributed by atoms with Crippen LogP contribution in [0.3, 0.4) is 0 Å². The third kappa shape index (κ3) is 2.88. The summed E-state index contributed by atoms with van der Waals surface area (Å²) in [5, 5.41) is 13.2. The molecular weight excluding hydrogens is 260 g/mol. The molecule has 0 aliphatic heterocycles. The van der Waals surface area contributed by atoms with Gasteiger partial charge in [0.15, 0.2) is 0 Å². The molecule has 2 aromatic rings. The van der Waals surface area contributed by atoms with Crippen LogP contribution in [0.1, 0.15) is 24.3 Å². The first-order chi connectivity index (χ1) is 9.28. The zero-order valence-corrected chi connectivity index (χ0v) is 11.8. The minimum Gasteiger partial charge on any atom is -0.441 e. The van der Waals surface area contributed by atoms with Crippen LogP contribution in [0, 0.1) is 6.92 Å². The molecular formula is C14H18N2O2S. The Morgan fingerprint density at radius 1 is 1.53 bits per heavy atom. The van der Waals surface area contributed by atoms with Gasteiger partial charge in [-0.2, -0.15) is 11.3 Å². The smallest absolute Gasteiger partial charge is 0.227 e. The van der Waals surface area contributed by atoms with Crippen molar-refractivity contribution in [2.75, 3.05) is 13.2 Å². The summed E-state index contributed by atoms with van der Waals surface area (Å²) in [7, 11) is 0. The van der Waals surface area contributed by atoms with Gasteiger partial charge in [-0.15, -0.1) is 0 Å². The van der Waals surface area contributed by atoms with Crippen molar-refractivity contribution in [2.45, 2.75) is 32.4 Å². The summed E-state index contributed by atoms with van der Waals surface area (Å²) >= 11 is 1.64. The van der Waals surface area contributed by atoms with Crippen LogP contribution in [0.4, 0.5) is 0 Å². The Balaban J connectivity index is 1.77. The van der Waals surface area contributed by atoms with E-state index in [4.69, 9.17) is 9.52 Å². The fraction of sp³-hybridized carbons (Fsp3) is 0.500. The van der Waals surface area contributed by atoms with Gasteiger partial charge in [0.05, 0.1) is 12.3 Å². The van der Waals surface area contributed by atoms with Crippen molar-refractivity contribution >= 4 is 11.3 Å². The third-order valence-electron chi connectivity index (χ3n) is 3.46. The van der Waals surface area contributed by atoms with Gasteiger partial charge in [-0.05, 0) is 31.2 Å². The fourth-order valence-electron chi connectivity index (χ4n) is 2.24. The number of rotatable bonds is 6. The van der Waals surface area contributed by atoms with Crippen molar-refractivity contribution in [2.24, 2.45) is 0 Å². The van der Waals surface area contributed by atoms with Crippen molar-refractivity contribution < 1.29 is 9.52 Å². The first kappa shape index (κ1) is 12.8. The Labute approximate surface area is 116 Å². The van der Waals surface area contributed by atoms with Gasteiger partial charge in [0.1, 0.15) is 5.76 Å². The molecule has 19 heavy (non-hydrogen) atoms. The Hall–Kier alpha value is -1.17. The maximum absolute atomic E-state index is 9.13. The number of aryl methyl sites for hydroxylation is 1. The molecule has 0 bridgehead atoms. The van der Waals surface area contributed by atoms with Crippen LogP contribution in [0.25, 0.3) is 11.5 Å². The van der Waals surface area contributed by atoms with Crippen molar-refractivity contribution in [3.8, 4) is 11.5 Å². The molecule has 4 nitrogen and oxygen atoms in total. The van der Waals surface area contributed by atoms with Gasteiger partial charge in [-0.3, -0.25) is 4.90 Å². The largest absolute Gasteiger partial charge is 0.441 e. The number of oxazole rings is 1. The molecule has 0 saturated heterocycles. The number of aliphatic hydroxyl groups is 1. The molecule has 2 heterocycles. The van der Waals surface area contributed by atoms with E-state index in [1.807, 2.05) is 23.8 Å². The van der Waals surface area contributed by atoms with E-state index in [0.717, 1.165) is 23.6 Å². The highest BCUT2D eigenvalue weighted by molar-refractivity contribution is 7.08. The molecule has 1 fully saturated rings. The molecule has 0 atom stereocenters. The van der Waals surface area contributed by atoms with E-state index in [1.165, 1.54) is 12.8 Å². The van der Waals surface area contributed by atoms with Crippen LogP contribution in [-0.2, 0) is 6.54 Å². The van der Waals surface area contributed by atoms with E-state index < -0.39 is 0 Å². The lowest BCUT2D eigenvalue weighted by atomic mass is 10.3. The van der Waals surface area contributed by atoms with E-state index in [9.17, 15) is 0 Å². The second-order valence-electron chi connectivity index (χ2n) is 4.96. The maximum Gasteiger partial charge on any atom is 0.227 e.